The molecule has 1 aliphatic carbocycles. The van der Waals surface area contributed by atoms with Crippen LogP contribution in [-0.4, -0.2) is 41.8 Å². The second-order valence-corrected chi connectivity index (χ2v) is 10.3. The lowest BCUT2D eigenvalue weighted by molar-refractivity contribution is 0.0197. The van der Waals surface area contributed by atoms with Gasteiger partial charge in [0.25, 0.3) is 0 Å². The molecule has 1 aromatic heterocycles. The van der Waals surface area contributed by atoms with Gasteiger partial charge in [0.2, 0.25) is 5.88 Å². The molecule has 2 heterocycles. The van der Waals surface area contributed by atoms with E-state index in [9.17, 15) is 4.79 Å². The smallest absolute Gasteiger partial charge is 0.410 e. The Morgan fingerprint density at radius 1 is 1.29 bits per heavy atom. The first kappa shape index (κ1) is 21.9. The number of rotatable bonds is 5. The molecule has 1 saturated heterocycles. The molecule has 4 rings (SSSR count). The molecule has 0 N–H and O–H groups in total. The lowest BCUT2D eigenvalue weighted by Crippen LogP contribution is -2.43. The molecule has 166 valence electrons. The fraction of sp³-hybridized carbons (Fsp3) is 0.500. The van der Waals surface area contributed by atoms with Crippen molar-refractivity contribution in [1.29, 1.82) is 0 Å². The molecule has 2 aliphatic rings. The van der Waals surface area contributed by atoms with Gasteiger partial charge in [0.15, 0.2) is 0 Å². The second-order valence-electron chi connectivity index (χ2n) is 9.34. The lowest BCUT2D eigenvalue weighted by atomic mass is 9.91. The number of benzene rings is 1. The van der Waals surface area contributed by atoms with E-state index in [1.54, 1.807) is 7.11 Å². The average molecular weight is 489 g/mol. The summed E-state index contributed by atoms with van der Waals surface area (Å²) in [4.78, 5) is 19.1. The molecule has 1 saturated carbocycles. The number of hydrogen-bond acceptors (Lipinski definition) is 5. The van der Waals surface area contributed by atoms with Crippen LogP contribution in [0.25, 0.3) is 0 Å². The fourth-order valence-electron chi connectivity index (χ4n) is 4.31. The fourth-order valence-corrected chi connectivity index (χ4v) is 4.65. The van der Waals surface area contributed by atoms with Crippen LogP contribution in [0.15, 0.2) is 40.9 Å². The molecule has 1 aromatic carbocycles. The molecule has 31 heavy (non-hydrogen) atoms. The zero-order valence-corrected chi connectivity index (χ0v) is 20.1. The van der Waals surface area contributed by atoms with Crippen LogP contribution in [0.5, 0.6) is 11.6 Å². The van der Waals surface area contributed by atoms with Crippen LogP contribution in [-0.2, 0) is 16.8 Å². The maximum atomic E-state index is 12.4. The summed E-state index contributed by atoms with van der Waals surface area (Å²) in [6.07, 6.45) is 1.72. The number of fused-ring (bicyclic) bond motifs is 1. The largest absolute Gasteiger partial charge is 0.496 e. The number of carbonyl (C=O) groups is 1. The zero-order chi connectivity index (χ0) is 22.2. The van der Waals surface area contributed by atoms with Crippen LogP contribution in [0.4, 0.5) is 4.79 Å². The van der Waals surface area contributed by atoms with E-state index >= 15 is 0 Å². The van der Waals surface area contributed by atoms with Gasteiger partial charge >= 0.3 is 6.09 Å². The Labute approximate surface area is 192 Å². The number of likely N-dealkylation sites (tertiary alicyclic amines) is 1. The zero-order valence-electron chi connectivity index (χ0n) is 18.5. The van der Waals surface area contributed by atoms with Crippen LogP contribution in [0, 0.1) is 5.92 Å². The van der Waals surface area contributed by atoms with Gasteiger partial charge < -0.3 is 19.1 Å². The van der Waals surface area contributed by atoms with Gasteiger partial charge in [0.05, 0.1) is 12.8 Å². The van der Waals surface area contributed by atoms with Crippen LogP contribution >= 0.6 is 15.9 Å². The van der Waals surface area contributed by atoms with Crippen molar-refractivity contribution in [1.82, 2.24) is 9.88 Å². The third-order valence-corrected chi connectivity index (χ3v) is 6.50. The van der Waals surface area contributed by atoms with E-state index in [0.717, 1.165) is 40.9 Å². The Kier molecular flexibility index (Phi) is 5.90. The minimum atomic E-state index is -0.472. The standard InChI is InChI=1S/C24H29BrN2O4/c1-23(2,3)31-22(28)27-11-10-24(13-17(24)14-27)20-6-5-7-21(26-20)30-15-16-8-9-18(25)12-19(16)29-4/h5-9,12,17H,10-11,13-15H2,1-4H3. The van der Waals surface area contributed by atoms with Gasteiger partial charge in [-0.15, -0.1) is 0 Å². The number of nitrogens with zero attached hydrogens (tertiary/aromatic N) is 2. The summed E-state index contributed by atoms with van der Waals surface area (Å²) in [5, 5.41) is 0. The summed E-state index contributed by atoms with van der Waals surface area (Å²) < 4.78 is 17.9. The Morgan fingerprint density at radius 2 is 2.10 bits per heavy atom. The molecule has 0 spiro atoms. The molecular weight excluding hydrogens is 460 g/mol. The molecular formula is C24H29BrN2O4. The SMILES string of the molecule is COc1cc(Br)ccc1COc1cccc(C23CCN(C(=O)OC(C)(C)C)CC2C3)n1. The van der Waals surface area contributed by atoms with Crippen molar-refractivity contribution in [2.75, 3.05) is 20.2 Å². The van der Waals surface area contributed by atoms with Crippen LogP contribution in [0.2, 0.25) is 0 Å². The monoisotopic (exact) mass is 488 g/mol. The van der Waals surface area contributed by atoms with Crippen molar-refractivity contribution < 1.29 is 19.0 Å². The predicted molar refractivity (Wildman–Crippen MR) is 121 cm³/mol. The topological polar surface area (TPSA) is 60.9 Å². The minimum absolute atomic E-state index is 0.0488. The minimum Gasteiger partial charge on any atom is -0.496 e. The Bertz CT molecular complexity index is 974. The van der Waals surface area contributed by atoms with Crippen molar-refractivity contribution in [2.45, 2.75) is 51.2 Å². The van der Waals surface area contributed by atoms with E-state index in [1.807, 2.05) is 56.0 Å². The number of amides is 1. The van der Waals surface area contributed by atoms with Gasteiger partial charge in [-0.25, -0.2) is 9.78 Å². The number of pyridine rings is 1. The van der Waals surface area contributed by atoms with Crippen LogP contribution in [0.1, 0.15) is 44.9 Å². The van der Waals surface area contributed by atoms with Gasteiger partial charge in [-0.3, -0.25) is 0 Å². The highest BCUT2D eigenvalue weighted by atomic mass is 79.9. The number of halogens is 1. The maximum Gasteiger partial charge on any atom is 0.410 e. The summed E-state index contributed by atoms with van der Waals surface area (Å²) in [7, 11) is 1.65. The summed E-state index contributed by atoms with van der Waals surface area (Å²) in [5.41, 5.74) is 1.60. The van der Waals surface area contributed by atoms with Gasteiger partial charge in [-0.2, -0.15) is 0 Å². The Morgan fingerprint density at radius 3 is 2.81 bits per heavy atom. The molecule has 0 bridgehead atoms. The van der Waals surface area contributed by atoms with Crippen molar-refractivity contribution in [3.63, 3.8) is 0 Å². The van der Waals surface area contributed by atoms with E-state index in [2.05, 4.69) is 22.0 Å². The molecule has 2 fully saturated rings. The Hall–Kier alpha value is -2.28. The number of ether oxygens (including phenoxy) is 3. The molecule has 0 radical (unpaired) electrons. The average Bonchev–Trinajstić information content (AvgIpc) is 3.47. The van der Waals surface area contributed by atoms with Gasteiger partial charge in [-0.05, 0) is 57.7 Å². The highest BCUT2D eigenvalue weighted by Crippen LogP contribution is 2.58. The van der Waals surface area contributed by atoms with Crippen molar-refractivity contribution in [3.05, 3.63) is 52.1 Å². The summed E-state index contributed by atoms with van der Waals surface area (Å²) >= 11 is 3.46. The first-order valence-electron chi connectivity index (χ1n) is 10.6. The third-order valence-electron chi connectivity index (χ3n) is 6.01. The molecule has 1 amide bonds. The first-order chi connectivity index (χ1) is 14.7. The Balaban J connectivity index is 1.40. The molecule has 1 aliphatic heterocycles. The summed E-state index contributed by atoms with van der Waals surface area (Å²) in [6.45, 7) is 7.49. The van der Waals surface area contributed by atoms with E-state index in [1.165, 1.54) is 0 Å². The summed E-state index contributed by atoms with van der Waals surface area (Å²) in [5.74, 6) is 1.81. The second kappa shape index (κ2) is 8.34. The van der Waals surface area contributed by atoms with Gasteiger partial charge in [-0.1, -0.05) is 28.1 Å². The van der Waals surface area contributed by atoms with E-state index in [-0.39, 0.29) is 11.5 Å². The van der Waals surface area contributed by atoms with Gasteiger partial charge in [0, 0.05) is 34.6 Å². The van der Waals surface area contributed by atoms with Crippen molar-refractivity contribution in [2.24, 2.45) is 5.92 Å². The molecule has 2 unspecified atom stereocenters. The maximum absolute atomic E-state index is 12.4. The molecule has 7 heteroatoms. The highest BCUT2D eigenvalue weighted by Gasteiger charge is 2.59. The number of hydrogen-bond donors (Lipinski definition) is 0. The molecule has 2 aromatic rings. The number of carbonyl (C=O) groups excluding carboxylic acids is 1. The van der Waals surface area contributed by atoms with E-state index in [4.69, 9.17) is 19.2 Å². The predicted octanol–water partition coefficient (Wildman–Crippen LogP) is 5.33. The van der Waals surface area contributed by atoms with Crippen LogP contribution in [0.3, 0.4) is 0 Å². The quantitative estimate of drug-likeness (QED) is 0.568. The van der Waals surface area contributed by atoms with Crippen molar-refractivity contribution >= 4 is 22.0 Å². The number of aromatic nitrogens is 1. The van der Waals surface area contributed by atoms with Gasteiger partial charge in [0.1, 0.15) is 18.0 Å². The van der Waals surface area contributed by atoms with Crippen molar-refractivity contribution in [3.8, 4) is 11.6 Å². The number of methoxy groups -OCH3 is 1. The highest BCUT2D eigenvalue weighted by molar-refractivity contribution is 9.10. The summed E-state index contributed by atoms with van der Waals surface area (Å²) in [6, 6.07) is 11.8. The normalized spacial score (nSPS) is 22.5. The lowest BCUT2D eigenvalue weighted by Gasteiger charge is -2.33. The molecule has 6 nitrogen and oxygen atoms in total. The first-order valence-corrected chi connectivity index (χ1v) is 11.4. The van der Waals surface area contributed by atoms with E-state index in [0.29, 0.717) is 24.9 Å². The molecule has 2 atom stereocenters. The third kappa shape index (κ3) is 4.81. The van der Waals surface area contributed by atoms with E-state index < -0.39 is 5.60 Å². The number of piperidine rings is 1. The van der Waals surface area contributed by atoms with Crippen LogP contribution < -0.4 is 9.47 Å².